The maximum Gasteiger partial charge on any atom is 0.227 e. The van der Waals surface area contributed by atoms with Crippen molar-refractivity contribution >= 4 is 34.2 Å². The third-order valence-electron chi connectivity index (χ3n) is 2.80. The number of anilines is 1. The summed E-state index contributed by atoms with van der Waals surface area (Å²) in [6, 6.07) is 6.05. The highest BCUT2D eigenvalue weighted by atomic mass is 127. The number of carbonyl (C=O) groups excluding carboxylic acids is 1. The Labute approximate surface area is 111 Å². The second-order valence-electron chi connectivity index (χ2n) is 3.96. The molecule has 2 nitrogen and oxygen atoms in total. The molecule has 0 spiro atoms. The number of benzene rings is 1. The Hall–Kier alpha value is -0.580. The molecule has 1 aromatic rings. The SMILES string of the molecule is CCC(CC)C(=O)Nc1ccc(I)cc1C. The molecule has 1 amide bonds. The number of rotatable bonds is 4. The van der Waals surface area contributed by atoms with E-state index in [1.165, 1.54) is 3.57 Å². The van der Waals surface area contributed by atoms with Crippen LogP contribution in [0.4, 0.5) is 5.69 Å². The first-order valence-electron chi connectivity index (χ1n) is 5.65. The van der Waals surface area contributed by atoms with Crippen LogP contribution < -0.4 is 5.32 Å². The van der Waals surface area contributed by atoms with Crippen molar-refractivity contribution in [2.75, 3.05) is 5.32 Å². The van der Waals surface area contributed by atoms with Gasteiger partial charge in [-0.15, -0.1) is 0 Å². The van der Waals surface area contributed by atoms with E-state index < -0.39 is 0 Å². The fraction of sp³-hybridized carbons (Fsp3) is 0.462. The van der Waals surface area contributed by atoms with E-state index in [1.54, 1.807) is 0 Å². The molecule has 16 heavy (non-hydrogen) atoms. The second-order valence-corrected chi connectivity index (χ2v) is 5.21. The van der Waals surface area contributed by atoms with Gasteiger partial charge in [0, 0.05) is 15.2 Å². The first-order chi connectivity index (χ1) is 7.58. The third-order valence-corrected chi connectivity index (χ3v) is 3.47. The van der Waals surface area contributed by atoms with Gasteiger partial charge < -0.3 is 5.32 Å². The van der Waals surface area contributed by atoms with Gasteiger partial charge in [0.05, 0.1) is 0 Å². The van der Waals surface area contributed by atoms with E-state index in [0.717, 1.165) is 24.1 Å². The monoisotopic (exact) mass is 331 g/mol. The van der Waals surface area contributed by atoms with Crippen molar-refractivity contribution in [1.29, 1.82) is 0 Å². The van der Waals surface area contributed by atoms with E-state index in [9.17, 15) is 4.79 Å². The molecule has 0 atom stereocenters. The molecule has 0 aliphatic rings. The fourth-order valence-corrected chi connectivity index (χ4v) is 2.31. The average molecular weight is 331 g/mol. The lowest BCUT2D eigenvalue weighted by Gasteiger charge is -2.14. The Morgan fingerprint density at radius 3 is 2.50 bits per heavy atom. The maximum atomic E-state index is 11.9. The summed E-state index contributed by atoms with van der Waals surface area (Å²) in [5.74, 6) is 0.257. The number of hydrogen-bond acceptors (Lipinski definition) is 1. The molecule has 0 aliphatic heterocycles. The topological polar surface area (TPSA) is 29.1 Å². The summed E-state index contributed by atoms with van der Waals surface area (Å²) in [5, 5.41) is 3.00. The smallest absolute Gasteiger partial charge is 0.227 e. The van der Waals surface area contributed by atoms with Gasteiger partial charge in [0.25, 0.3) is 0 Å². The molecule has 0 saturated carbocycles. The molecular formula is C13H18INO. The zero-order valence-electron chi connectivity index (χ0n) is 10.0. The Morgan fingerprint density at radius 1 is 1.38 bits per heavy atom. The number of aryl methyl sites for hydroxylation is 1. The van der Waals surface area contributed by atoms with Crippen molar-refractivity contribution in [1.82, 2.24) is 0 Å². The zero-order chi connectivity index (χ0) is 12.1. The number of halogens is 1. The lowest BCUT2D eigenvalue weighted by Crippen LogP contribution is -2.22. The molecule has 0 saturated heterocycles. The van der Waals surface area contributed by atoms with Crippen molar-refractivity contribution in [3.05, 3.63) is 27.3 Å². The van der Waals surface area contributed by atoms with Crippen molar-refractivity contribution in [3.63, 3.8) is 0 Å². The molecule has 0 unspecified atom stereocenters. The maximum absolute atomic E-state index is 11.9. The van der Waals surface area contributed by atoms with Gasteiger partial charge in [-0.1, -0.05) is 13.8 Å². The minimum Gasteiger partial charge on any atom is -0.326 e. The van der Waals surface area contributed by atoms with Crippen LogP contribution in [0.1, 0.15) is 32.3 Å². The Balaban J connectivity index is 2.76. The summed E-state index contributed by atoms with van der Waals surface area (Å²) in [7, 11) is 0. The summed E-state index contributed by atoms with van der Waals surface area (Å²) < 4.78 is 1.19. The van der Waals surface area contributed by atoms with Gasteiger partial charge in [0.15, 0.2) is 0 Å². The zero-order valence-corrected chi connectivity index (χ0v) is 12.2. The van der Waals surface area contributed by atoms with Crippen LogP contribution in [0.15, 0.2) is 18.2 Å². The van der Waals surface area contributed by atoms with Crippen LogP contribution in [0, 0.1) is 16.4 Å². The number of nitrogens with one attached hydrogen (secondary N) is 1. The van der Waals surface area contributed by atoms with Crippen molar-refractivity contribution in [2.45, 2.75) is 33.6 Å². The average Bonchev–Trinajstić information content (AvgIpc) is 2.24. The van der Waals surface area contributed by atoms with Crippen molar-refractivity contribution in [2.24, 2.45) is 5.92 Å². The van der Waals surface area contributed by atoms with E-state index in [-0.39, 0.29) is 11.8 Å². The van der Waals surface area contributed by atoms with E-state index in [2.05, 4.69) is 47.8 Å². The Morgan fingerprint density at radius 2 is 2.00 bits per heavy atom. The molecule has 0 fully saturated rings. The van der Waals surface area contributed by atoms with Crippen molar-refractivity contribution < 1.29 is 4.79 Å². The van der Waals surface area contributed by atoms with Crippen LogP contribution in [-0.4, -0.2) is 5.91 Å². The molecule has 0 aromatic heterocycles. The molecule has 0 radical (unpaired) electrons. The lowest BCUT2D eigenvalue weighted by molar-refractivity contribution is -0.120. The molecule has 1 rings (SSSR count). The molecular weight excluding hydrogens is 313 g/mol. The summed E-state index contributed by atoms with van der Waals surface area (Å²) >= 11 is 2.27. The largest absolute Gasteiger partial charge is 0.326 e. The number of hydrogen-bond donors (Lipinski definition) is 1. The van der Waals surface area contributed by atoms with Gasteiger partial charge in [-0.05, 0) is 66.1 Å². The van der Waals surface area contributed by atoms with Crippen LogP contribution in [0.5, 0.6) is 0 Å². The minimum atomic E-state index is 0.124. The number of carbonyl (C=O) groups is 1. The third kappa shape index (κ3) is 3.47. The molecule has 3 heteroatoms. The molecule has 0 aliphatic carbocycles. The van der Waals surface area contributed by atoms with Crippen LogP contribution >= 0.6 is 22.6 Å². The van der Waals surface area contributed by atoms with Crippen LogP contribution in [0.2, 0.25) is 0 Å². The Kier molecular flexibility index (Phi) is 5.25. The van der Waals surface area contributed by atoms with Gasteiger partial charge in [-0.25, -0.2) is 0 Å². The summed E-state index contributed by atoms with van der Waals surface area (Å²) in [6.45, 7) is 6.12. The fourth-order valence-electron chi connectivity index (χ4n) is 1.66. The molecule has 0 bridgehead atoms. The first kappa shape index (κ1) is 13.5. The highest BCUT2D eigenvalue weighted by Crippen LogP contribution is 2.19. The van der Waals surface area contributed by atoms with Gasteiger partial charge in [0.1, 0.15) is 0 Å². The normalized spacial score (nSPS) is 10.6. The highest BCUT2D eigenvalue weighted by Gasteiger charge is 2.14. The van der Waals surface area contributed by atoms with Crippen LogP contribution in [0.25, 0.3) is 0 Å². The van der Waals surface area contributed by atoms with Gasteiger partial charge in [0.2, 0.25) is 5.91 Å². The molecule has 1 N–H and O–H groups in total. The first-order valence-corrected chi connectivity index (χ1v) is 6.73. The van der Waals surface area contributed by atoms with Crippen LogP contribution in [0.3, 0.4) is 0 Å². The van der Waals surface area contributed by atoms with Crippen molar-refractivity contribution in [3.8, 4) is 0 Å². The van der Waals surface area contributed by atoms with Gasteiger partial charge in [-0.2, -0.15) is 0 Å². The van der Waals surface area contributed by atoms with E-state index in [0.29, 0.717) is 0 Å². The predicted octanol–water partition coefficient (Wildman–Crippen LogP) is 3.97. The minimum absolute atomic E-state index is 0.124. The Bertz CT molecular complexity index is 372. The molecule has 1 aromatic carbocycles. The molecule has 0 heterocycles. The van der Waals surface area contributed by atoms with E-state index in [4.69, 9.17) is 0 Å². The predicted molar refractivity (Wildman–Crippen MR) is 76.6 cm³/mol. The van der Waals surface area contributed by atoms with Crippen LogP contribution in [-0.2, 0) is 4.79 Å². The lowest BCUT2D eigenvalue weighted by atomic mass is 10.0. The summed E-state index contributed by atoms with van der Waals surface area (Å²) in [4.78, 5) is 11.9. The summed E-state index contributed by atoms with van der Waals surface area (Å²) in [6.07, 6.45) is 1.79. The molecule has 88 valence electrons. The number of amides is 1. The van der Waals surface area contributed by atoms with Gasteiger partial charge >= 0.3 is 0 Å². The standard InChI is InChI=1S/C13H18INO/c1-4-10(5-2)13(16)15-12-7-6-11(14)8-9(12)3/h6-8,10H,4-5H2,1-3H3,(H,15,16). The summed E-state index contributed by atoms with van der Waals surface area (Å²) in [5.41, 5.74) is 2.04. The van der Waals surface area contributed by atoms with Gasteiger partial charge in [-0.3, -0.25) is 4.79 Å². The second kappa shape index (κ2) is 6.23. The quantitative estimate of drug-likeness (QED) is 0.831. The van der Waals surface area contributed by atoms with E-state index in [1.807, 2.05) is 19.1 Å². The highest BCUT2D eigenvalue weighted by molar-refractivity contribution is 14.1. The van der Waals surface area contributed by atoms with E-state index >= 15 is 0 Å².